The Kier molecular flexibility index (Phi) is 4.98. The van der Waals surface area contributed by atoms with Crippen LogP contribution in [0.15, 0.2) is 12.2 Å². The molecule has 6 heteroatoms. The fourth-order valence-electron chi connectivity index (χ4n) is 0.599. The second-order valence-corrected chi connectivity index (χ2v) is 2.79. The number of carbonyl (C=O) groups excluding carboxylic acids is 2. The van der Waals surface area contributed by atoms with Crippen LogP contribution in [0.1, 0.15) is 13.8 Å². The summed E-state index contributed by atoms with van der Waals surface area (Å²) < 4.78 is 0. The molecule has 0 bridgehead atoms. The predicted octanol–water partition coefficient (Wildman–Crippen LogP) is -0.139. The molecule has 0 aromatic carbocycles. The lowest BCUT2D eigenvalue weighted by atomic mass is 10.4. The van der Waals surface area contributed by atoms with E-state index in [1.165, 1.54) is 0 Å². The van der Waals surface area contributed by atoms with Crippen LogP contribution in [-0.4, -0.2) is 29.1 Å². The number of hydrogen-bond donors (Lipinski definition) is 3. The van der Waals surface area contributed by atoms with Crippen molar-refractivity contribution in [1.29, 1.82) is 0 Å². The number of nitrogens with one attached hydrogen (secondary N) is 2. The van der Waals surface area contributed by atoms with E-state index in [9.17, 15) is 14.4 Å². The normalized spacial score (nSPS) is 10.2. The summed E-state index contributed by atoms with van der Waals surface area (Å²) in [6, 6.07) is -0.744. The third-order valence-corrected chi connectivity index (χ3v) is 1.03. The molecule has 0 aromatic rings. The Morgan fingerprint density at radius 1 is 1.21 bits per heavy atom. The third kappa shape index (κ3) is 6.84. The number of carbonyl (C=O) groups is 3. The molecule has 0 saturated heterocycles. The molecule has 0 spiro atoms. The van der Waals surface area contributed by atoms with E-state index in [-0.39, 0.29) is 6.04 Å². The number of carboxylic acid groups (broad SMARTS) is 1. The summed E-state index contributed by atoms with van der Waals surface area (Å²) in [6.45, 7) is 3.47. The van der Waals surface area contributed by atoms with Gasteiger partial charge in [-0.05, 0) is 13.8 Å². The minimum Gasteiger partial charge on any atom is -0.478 e. The highest BCUT2D eigenvalue weighted by Crippen LogP contribution is 1.78. The van der Waals surface area contributed by atoms with Crippen molar-refractivity contribution in [2.24, 2.45) is 0 Å². The van der Waals surface area contributed by atoms with E-state index in [4.69, 9.17) is 5.11 Å². The lowest BCUT2D eigenvalue weighted by Gasteiger charge is -2.07. The van der Waals surface area contributed by atoms with Crippen LogP contribution in [0, 0.1) is 0 Å². The van der Waals surface area contributed by atoms with Gasteiger partial charge in [0, 0.05) is 18.2 Å². The smallest absolute Gasteiger partial charge is 0.328 e. The summed E-state index contributed by atoms with van der Waals surface area (Å²) in [5.74, 6) is -2.02. The summed E-state index contributed by atoms with van der Waals surface area (Å²) in [5, 5.41) is 12.5. The van der Waals surface area contributed by atoms with Crippen molar-refractivity contribution in [2.75, 3.05) is 0 Å². The molecule has 6 nitrogen and oxygen atoms in total. The number of rotatable bonds is 3. The maximum atomic E-state index is 10.9. The van der Waals surface area contributed by atoms with Crippen molar-refractivity contribution < 1.29 is 19.5 Å². The number of amides is 3. The van der Waals surface area contributed by atoms with Gasteiger partial charge in [-0.25, -0.2) is 9.59 Å². The van der Waals surface area contributed by atoms with Gasteiger partial charge in [0.15, 0.2) is 0 Å². The van der Waals surface area contributed by atoms with E-state index in [1.54, 1.807) is 13.8 Å². The number of hydrogen-bond acceptors (Lipinski definition) is 3. The molecule has 14 heavy (non-hydrogen) atoms. The summed E-state index contributed by atoms with van der Waals surface area (Å²) in [6.07, 6.45) is 1.42. The molecule has 0 rings (SSSR count). The van der Waals surface area contributed by atoms with Crippen LogP contribution in [0.5, 0.6) is 0 Å². The minimum atomic E-state index is -1.25. The molecule has 3 amide bonds. The first kappa shape index (κ1) is 12.2. The number of imide groups is 1. The molecule has 0 aliphatic carbocycles. The molecule has 0 atom stereocenters. The van der Waals surface area contributed by atoms with Crippen molar-refractivity contribution in [3.8, 4) is 0 Å². The van der Waals surface area contributed by atoms with Crippen LogP contribution in [0.3, 0.4) is 0 Å². The standard InChI is InChI=1S/C8H12N2O4/c1-5(2)9-8(14)10-6(11)3-4-7(12)13/h3-5H,1-2H3,(H,12,13)(H2,9,10,11,14)/b4-3+. The lowest BCUT2D eigenvalue weighted by molar-refractivity contribution is -0.131. The van der Waals surface area contributed by atoms with E-state index < -0.39 is 17.9 Å². The molecule has 3 N–H and O–H groups in total. The van der Waals surface area contributed by atoms with Crippen molar-refractivity contribution in [3.05, 3.63) is 12.2 Å². The predicted molar refractivity (Wildman–Crippen MR) is 48.6 cm³/mol. The first-order valence-electron chi connectivity index (χ1n) is 3.94. The molecule has 0 saturated carbocycles. The van der Waals surface area contributed by atoms with Gasteiger partial charge < -0.3 is 10.4 Å². The van der Waals surface area contributed by atoms with E-state index in [0.29, 0.717) is 6.08 Å². The highest BCUT2D eigenvalue weighted by Gasteiger charge is 2.05. The molecule has 0 aromatic heterocycles. The fraction of sp³-hybridized carbons (Fsp3) is 0.375. The van der Waals surface area contributed by atoms with Crippen molar-refractivity contribution >= 4 is 17.9 Å². The second-order valence-electron chi connectivity index (χ2n) is 2.79. The van der Waals surface area contributed by atoms with Gasteiger partial charge >= 0.3 is 12.0 Å². The maximum Gasteiger partial charge on any atom is 0.328 e. The van der Waals surface area contributed by atoms with Crippen LogP contribution in [0.4, 0.5) is 4.79 Å². The van der Waals surface area contributed by atoms with Crippen LogP contribution < -0.4 is 10.6 Å². The summed E-state index contributed by atoms with van der Waals surface area (Å²) >= 11 is 0. The zero-order valence-corrected chi connectivity index (χ0v) is 7.90. The lowest BCUT2D eigenvalue weighted by Crippen LogP contribution is -2.41. The first-order chi connectivity index (χ1) is 6.41. The summed E-state index contributed by atoms with van der Waals surface area (Å²) in [7, 11) is 0. The Morgan fingerprint density at radius 3 is 2.21 bits per heavy atom. The fourth-order valence-corrected chi connectivity index (χ4v) is 0.599. The quantitative estimate of drug-likeness (QED) is 0.552. The highest BCUT2D eigenvalue weighted by atomic mass is 16.4. The zero-order valence-electron chi connectivity index (χ0n) is 7.90. The minimum absolute atomic E-state index is 0.0914. The molecule has 0 unspecified atom stereocenters. The Labute approximate surface area is 81.0 Å². The number of urea groups is 1. The van der Waals surface area contributed by atoms with E-state index in [2.05, 4.69) is 5.32 Å². The van der Waals surface area contributed by atoms with Gasteiger partial charge in [-0.15, -0.1) is 0 Å². The Hall–Kier alpha value is -1.85. The molecular weight excluding hydrogens is 188 g/mol. The molecule has 0 heterocycles. The van der Waals surface area contributed by atoms with Crippen LogP contribution >= 0.6 is 0 Å². The van der Waals surface area contributed by atoms with Gasteiger partial charge in [-0.2, -0.15) is 0 Å². The first-order valence-corrected chi connectivity index (χ1v) is 3.94. The van der Waals surface area contributed by atoms with Crippen LogP contribution in [0.2, 0.25) is 0 Å². The molecule has 0 aliphatic rings. The van der Waals surface area contributed by atoms with Gasteiger partial charge in [0.25, 0.3) is 5.91 Å². The van der Waals surface area contributed by atoms with Crippen molar-refractivity contribution in [1.82, 2.24) is 10.6 Å². The van der Waals surface area contributed by atoms with Gasteiger partial charge in [0.1, 0.15) is 0 Å². The molecule has 78 valence electrons. The third-order valence-electron chi connectivity index (χ3n) is 1.03. The van der Waals surface area contributed by atoms with Gasteiger partial charge in [0.05, 0.1) is 0 Å². The van der Waals surface area contributed by atoms with Crippen LogP contribution in [0.25, 0.3) is 0 Å². The van der Waals surface area contributed by atoms with E-state index in [1.807, 2.05) is 5.32 Å². The Bertz CT molecular complexity index is 271. The van der Waals surface area contributed by atoms with Crippen molar-refractivity contribution in [2.45, 2.75) is 19.9 Å². The highest BCUT2D eigenvalue weighted by molar-refractivity contribution is 6.02. The molecule has 0 aliphatic heterocycles. The van der Waals surface area contributed by atoms with E-state index in [0.717, 1.165) is 6.08 Å². The number of carboxylic acids is 1. The number of aliphatic carboxylic acids is 1. The SMILES string of the molecule is CC(C)NC(=O)NC(=O)/C=C/C(=O)O. The monoisotopic (exact) mass is 200 g/mol. The van der Waals surface area contributed by atoms with Gasteiger partial charge in [-0.1, -0.05) is 0 Å². The summed E-state index contributed by atoms with van der Waals surface area (Å²) in [5.41, 5.74) is 0. The van der Waals surface area contributed by atoms with Gasteiger partial charge in [0.2, 0.25) is 0 Å². The maximum absolute atomic E-state index is 10.9. The topological polar surface area (TPSA) is 95.5 Å². The molecule has 0 fully saturated rings. The van der Waals surface area contributed by atoms with Crippen LogP contribution in [-0.2, 0) is 9.59 Å². The molecular formula is C8H12N2O4. The van der Waals surface area contributed by atoms with E-state index >= 15 is 0 Å². The van der Waals surface area contributed by atoms with Crippen molar-refractivity contribution in [3.63, 3.8) is 0 Å². The average Bonchev–Trinajstić information content (AvgIpc) is 1.98. The zero-order chi connectivity index (χ0) is 11.1. The average molecular weight is 200 g/mol. The largest absolute Gasteiger partial charge is 0.478 e. The summed E-state index contributed by atoms with van der Waals surface area (Å²) in [4.78, 5) is 31.7. The second kappa shape index (κ2) is 5.74. The Morgan fingerprint density at radius 2 is 1.79 bits per heavy atom. The Balaban J connectivity index is 3.95. The van der Waals surface area contributed by atoms with Gasteiger partial charge in [-0.3, -0.25) is 10.1 Å². The molecule has 0 radical (unpaired) electrons.